The Bertz CT molecular complexity index is 289. The van der Waals surface area contributed by atoms with Crippen LogP contribution in [0.25, 0.3) is 0 Å². The highest BCUT2D eigenvalue weighted by Crippen LogP contribution is 2.27. The Kier molecular flexibility index (Phi) is 3.43. The predicted octanol–water partition coefficient (Wildman–Crippen LogP) is 0.204. The lowest BCUT2D eigenvalue weighted by Gasteiger charge is -2.24. The molecule has 0 spiro atoms. The van der Waals surface area contributed by atoms with Crippen molar-refractivity contribution in [2.75, 3.05) is 13.1 Å². The first-order chi connectivity index (χ1) is 7.65. The van der Waals surface area contributed by atoms with Gasteiger partial charge in [0.2, 0.25) is 5.91 Å². The molecule has 0 aromatic carbocycles. The third kappa shape index (κ3) is 3.20. The largest absolute Gasteiger partial charge is 0.481 e. The molecule has 16 heavy (non-hydrogen) atoms. The number of carboxylic acids is 1. The van der Waals surface area contributed by atoms with E-state index in [9.17, 15) is 9.59 Å². The summed E-state index contributed by atoms with van der Waals surface area (Å²) in [5.74, 6) is -0.625. The van der Waals surface area contributed by atoms with Crippen LogP contribution in [0.15, 0.2) is 0 Å². The topological polar surface area (TPSA) is 69.6 Å². The average molecular weight is 226 g/mol. The van der Waals surface area contributed by atoms with Crippen LogP contribution >= 0.6 is 0 Å². The molecule has 0 radical (unpaired) electrons. The van der Waals surface area contributed by atoms with E-state index < -0.39 is 5.97 Å². The van der Waals surface area contributed by atoms with E-state index in [0.29, 0.717) is 19.0 Å². The van der Waals surface area contributed by atoms with Crippen LogP contribution in [0.4, 0.5) is 0 Å². The summed E-state index contributed by atoms with van der Waals surface area (Å²) in [4.78, 5) is 23.8. The van der Waals surface area contributed by atoms with Crippen LogP contribution in [-0.4, -0.2) is 47.1 Å². The van der Waals surface area contributed by atoms with Gasteiger partial charge >= 0.3 is 5.97 Å². The molecule has 90 valence electrons. The summed E-state index contributed by atoms with van der Waals surface area (Å²) in [5.41, 5.74) is 0. The van der Waals surface area contributed by atoms with Crippen LogP contribution in [0.2, 0.25) is 0 Å². The number of carbonyl (C=O) groups excluding carboxylic acids is 1. The van der Waals surface area contributed by atoms with Crippen LogP contribution in [0, 0.1) is 0 Å². The van der Waals surface area contributed by atoms with E-state index in [1.54, 1.807) is 0 Å². The number of carbonyl (C=O) groups is 2. The third-order valence-corrected chi connectivity index (χ3v) is 3.22. The summed E-state index contributed by atoms with van der Waals surface area (Å²) in [7, 11) is 0. The molecule has 0 bridgehead atoms. The van der Waals surface area contributed by atoms with E-state index in [-0.39, 0.29) is 18.4 Å². The summed E-state index contributed by atoms with van der Waals surface area (Å²) < 4.78 is 0. The van der Waals surface area contributed by atoms with Gasteiger partial charge in [0.1, 0.15) is 0 Å². The maximum Gasteiger partial charge on any atom is 0.304 e. The summed E-state index contributed by atoms with van der Waals surface area (Å²) in [6.07, 6.45) is 4.02. The fourth-order valence-corrected chi connectivity index (χ4v) is 2.20. The van der Waals surface area contributed by atoms with Crippen LogP contribution < -0.4 is 5.32 Å². The molecule has 2 rings (SSSR count). The molecule has 2 N–H and O–H groups in total. The van der Waals surface area contributed by atoms with E-state index in [1.165, 1.54) is 12.8 Å². The maximum absolute atomic E-state index is 11.1. The van der Waals surface area contributed by atoms with Gasteiger partial charge in [-0.2, -0.15) is 0 Å². The van der Waals surface area contributed by atoms with E-state index in [2.05, 4.69) is 10.2 Å². The first kappa shape index (κ1) is 11.4. The van der Waals surface area contributed by atoms with Gasteiger partial charge in [0.05, 0.1) is 6.42 Å². The average Bonchev–Trinajstić information content (AvgIpc) is 2.98. The zero-order chi connectivity index (χ0) is 11.5. The van der Waals surface area contributed by atoms with Gasteiger partial charge in [-0.15, -0.1) is 0 Å². The molecule has 5 heteroatoms. The van der Waals surface area contributed by atoms with Gasteiger partial charge in [-0.1, -0.05) is 0 Å². The van der Waals surface area contributed by atoms with E-state index >= 15 is 0 Å². The molecule has 1 saturated carbocycles. The van der Waals surface area contributed by atoms with Crippen molar-refractivity contribution in [2.45, 2.75) is 44.2 Å². The van der Waals surface area contributed by atoms with Crippen LogP contribution in [-0.2, 0) is 9.59 Å². The predicted molar refractivity (Wildman–Crippen MR) is 58.0 cm³/mol. The monoisotopic (exact) mass is 226 g/mol. The Morgan fingerprint density at radius 2 is 2.19 bits per heavy atom. The van der Waals surface area contributed by atoms with Crippen molar-refractivity contribution in [1.29, 1.82) is 0 Å². The van der Waals surface area contributed by atoms with Gasteiger partial charge in [-0.05, 0) is 19.3 Å². The smallest absolute Gasteiger partial charge is 0.304 e. The van der Waals surface area contributed by atoms with Gasteiger partial charge in [0.15, 0.2) is 0 Å². The molecular weight excluding hydrogens is 208 g/mol. The van der Waals surface area contributed by atoms with Gasteiger partial charge in [-0.25, -0.2) is 0 Å². The summed E-state index contributed by atoms with van der Waals surface area (Å²) >= 11 is 0. The Morgan fingerprint density at radius 1 is 1.44 bits per heavy atom. The fourth-order valence-electron chi connectivity index (χ4n) is 2.20. The number of nitrogens with zero attached hydrogens (tertiary/aromatic N) is 1. The fraction of sp³-hybridized carbons (Fsp3) is 0.818. The molecule has 1 aliphatic heterocycles. The molecule has 1 atom stereocenters. The number of carboxylic acid groups (broad SMARTS) is 1. The summed E-state index contributed by atoms with van der Waals surface area (Å²) in [5, 5.41) is 11.6. The standard InChI is InChI=1S/C11H18N2O3/c14-10-4-1-8(12-10)7-13(9-2-3-9)6-5-11(15)16/h8-9H,1-7H2,(H,12,14)(H,15,16). The zero-order valence-corrected chi connectivity index (χ0v) is 9.32. The van der Waals surface area contributed by atoms with Crippen LogP contribution in [0.3, 0.4) is 0 Å². The van der Waals surface area contributed by atoms with Gasteiger partial charge in [0.25, 0.3) is 0 Å². The molecule has 0 aromatic heterocycles. The molecular formula is C11H18N2O3. The second-order valence-electron chi connectivity index (χ2n) is 4.67. The van der Waals surface area contributed by atoms with Crippen molar-refractivity contribution < 1.29 is 14.7 Å². The number of hydrogen-bond acceptors (Lipinski definition) is 3. The van der Waals surface area contributed by atoms with E-state index in [1.807, 2.05) is 0 Å². The number of nitrogens with one attached hydrogen (secondary N) is 1. The van der Waals surface area contributed by atoms with Crippen molar-refractivity contribution in [2.24, 2.45) is 0 Å². The van der Waals surface area contributed by atoms with Crippen molar-refractivity contribution in [3.05, 3.63) is 0 Å². The van der Waals surface area contributed by atoms with Crippen LogP contribution in [0.5, 0.6) is 0 Å². The molecule has 1 amide bonds. The molecule has 2 fully saturated rings. The van der Waals surface area contributed by atoms with Crippen molar-refractivity contribution in [3.8, 4) is 0 Å². The minimum Gasteiger partial charge on any atom is -0.481 e. The second kappa shape index (κ2) is 4.82. The number of hydrogen-bond donors (Lipinski definition) is 2. The van der Waals surface area contributed by atoms with Crippen molar-refractivity contribution in [1.82, 2.24) is 10.2 Å². The number of rotatable bonds is 6. The summed E-state index contributed by atoms with van der Waals surface area (Å²) in [6.45, 7) is 1.41. The molecule has 2 aliphatic rings. The second-order valence-corrected chi connectivity index (χ2v) is 4.67. The Morgan fingerprint density at radius 3 is 2.69 bits per heavy atom. The highest BCUT2D eigenvalue weighted by molar-refractivity contribution is 5.78. The molecule has 1 aliphatic carbocycles. The van der Waals surface area contributed by atoms with Gasteiger partial charge in [0, 0.05) is 31.6 Å². The lowest BCUT2D eigenvalue weighted by molar-refractivity contribution is -0.137. The van der Waals surface area contributed by atoms with E-state index in [4.69, 9.17) is 5.11 Å². The quantitative estimate of drug-likeness (QED) is 0.679. The number of amides is 1. The van der Waals surface area contributed by atoms with Crippen molar-refractivity contribution >= 4 is 11.9 Å². The van der Waals surface area contributed by atoms with Crippen LogP contribution in [0.1, 0.15) is 32.1 Å². The molecule has 1 unspecified atom stereocenters. The summed E-state index contributed by atoms with van der Waals surface area (Å²) in [6, 6.07) is 0.777. The lowest BCUT2D eigenvalue weighted by atomic mass is 10.2. The minimum atomic E-state index is -0.749. The Labute approximate surface area is 94.8 Å². The first-order valence-corrected chi connectivity index (χ1v) is 5.90. The Hall–Kier alpha value is -1.10. The van der Waals surface area contributed by atoms with E-state index in [0.717, 1.165) is 13.0 Å². The third-order valence-electron chi connectivity index (χ3n) is 3.22. The SMILES string of the molecule is O=C(O)CCN(CC1CCC(=O)N1)C1CC1. The van der Waals surface area contributed by atoms with Gasteiger partial charge < -0.3 is 10.4 Å². The lowest BCUT2D eigenvalue weighted by Crippen LogP contribution is -2.40. The first-order valence-electron chi connectivity index (χ1n) is 5.90. The molecule has 1 heterocycles. The minimum absolute atomic E-state index is 0.124. The highest BCUT2D eigenvalue weighted by Gasteiger charge is 2.32. The van der Waals surface area contributed by atoms with Gasteiger partial charge in [-0.3, -0.25) is 14.5 Å². The number of aliphatic carboxylic acids is 1. The molecule has 0 aromatic rings. The van der Waals surface area contributed by atoms with Crippen molar-refractivity contribution in [3.63, 3.8) is 0 Å². The zero-order valence-electron chi connectivity index (χ0n) is 9.32. The molecule has 5 nitrogen and oxygen atoms in total. The maximum atomic E-state index is 11.1. The molecule has 1 saturated heterocycles. The Balaban J connectivity index is 1.78. The highest BCUT2D eigenvalue weighted by atomic mass is 16.4. The normalized spacial score (nSPS) is 24.8.